The Hall–Kier alpha value is -1.33. The van der Waals surface area contributed by atoms with Crippen molar-refractivity contribution in [1.82, 2.24) is 15.0 Å². The third-order valence-corrected chi connectivity index (χ3v) is 2.81. The minimum absolute atomic E-state index is 0.203. The molecule has 16 heavy (non-hydrogen) atoms. The zero-order valence-electron chi connectivity index (χ0n) is 8.51. The summed E-state index contributed by atoms with van der Waals surface area (Å²) in [5, 5.41) is 1.18. The molecule has 2 N–H and O–H groups in total. The normalized spacial score (nSPS) is 10.4. The summed E-state index contributed by atoms with van der Waals surface area (Å²) in [5.41, 5.74) is 6.36. The zero-order chi connectivity index (χ0) is 11.5. The maximum Gasteiger partial charge on any atom is 0.224 e. The van der Waals surface area contributed by atoms with Crippen LogP contribution >= 0.6 is 23.4 Å². The van der Waals surface area contributed by atoms with Crippen LogP contribution in [0.3, 0.4) is 0 Å². The first-order chi connectivity index (χ1) is 7.70. The van der Waals surface area contributed by atoms with Crippen molar-refractivity contribution in [1.29, 1.82) is 0 Å². The number of nitrogens with two attached hydrogens (primary N) is 1. The van der Waals surface area contributed by atoms with E-state index in [9.17, 15) is 0 Å². The van der Waals surface area contributed by atoms with Crippen molar-refractivity contribution in [2.24, 2.45) is 0 Å². The lowest BCUT2D eigenvalue weighted by atomic mass is 10.2. The number of rotatable bonds is 2. The van der Waals surface area contributed by atoms with E-state index in [0.29, 0.717) is 16.0 Å². The van der Waals surface area contributed by atoms with E-state index >= 15 is 0 Å². The van der Waals surface area contributed by atoms with E-state index in [1.54, 1.807) is 6.07 Å². The number of aromatic nitrogens is 3. The van der Waals surface area contributed by atoms with Gasteiger partial charge in [-0.2, -0.15) is 9.97 Å². The van der Waals surface area contributed by atoms with Gasteiger partial charge >= 0.3 is 0 Å². The number of thioether (sulfide) groups is 1. The molecule has 0 bridgehead atoms. The van der Waals surface area contributed by atoms with Gasteiger partial charge in [0.2, 0.25) is 5.95 Å². The van der Waals surface area contributed by atoms with Crippen molar-refractivity contribution in [2.45, 2.75) is 5.16 Å². The van der Waals surface area contributed by atoms with Crippen LogP contribution in [0.1, 0.15) is 0 Å². The van der Waals surface area contributed by atoms with Crippen molar-refractivity contribution in [3.8, 4) is 11.4 Å². The molecule has 0 unspecified atom stereocenters. The predicted octanol–water partition coefficient (Wildman–Crippen LogP) is 2.50. The fourth-order valence-electron chi connectivity index (χ4n) is 1.23. The maximum atomic E-state index is 6.06. The molecule has 0 radical (unpaired) electrons. The molecule has 1 heterocycles. The van der Waals surface area contributed by atoms with Gasteiger partial charge in [-0.05, 0) is 18.4 Å². The second-order valence-electron chi connectivity index (χ2n) is 2.98. The number of nitrogen functional groups attached to an aromatic ring is 1. The highest BCUT2D eigenvalue weighted by molar-refractivity contribution is 7.98. The number of halogens is 1. The van der Waals surface area contributed by atoms with E-state index in [4.69, 9.17) is 17.3 Å². The molecule has 2 rings (SSSR count). The molecule has 2 aromatic rings. The van der Waals surface area contributed by atoms with Gasteiger partial charge in [0.25, 0.3) is 0 Å². The minimum Gasteiger partial charge on any atom is -0.368 e. The number of hydrogen-bond donors (Lipinski definition) is 1. The highest BCUT2D eigenvalue weighted by Gasteiger charge is 2.08. The Bertz CT molecular complexity index is 518. The van der Waals surface area contributed by atoms with Crippen LogP contribution in [0.25, 0.3) is 11.4 Å². The van der Waals surface area contributed by atoms with Crippen molar-refractivity contribution < 1.29 is 0 Å². The largest absolute Gasteiger partial charge is 0.368 e. The van der Waals surface area contributed by atoms with Crippen molar-refractivity contribution in [2.75, 3.05) is 12.0 Å². The molecule has 0 atom stereocenters. The van der Waals surface area contributed by atoms with Gasteiger partial charge in [0.15, 0.2) is 11.0 Å². The van der Waals surface area contributed by atoms with E-state index in [1.165, 1.54) is 11.8 Å². The maximum absolute atomic E-state index is 6.06. The summed E-state index contributed by atoms with van der Waals surface area (Å²) in [6.45, 7) is 0. The number of anilines is 1. The standard InChI is InChI=1S/C10H9ClN4S/c1-16-10-14-8(13-9(12)15-10)6-4-2-3-5-7(6)11/h2-5H,1H3,(H2,12,13,14,15). The second kappa shape index (κ2) is 4.67. The predicted molar refractivity (Wildman–Crippen MR) is 66.5 cm³/mol. The number of nitrogens with zero attached hydrogens (tertiary/aromatic N) is 3. The molecule has 0 saturated carbocycles. The lowest BCUT2D eigenvalue weighted by Gasteiger charge is -2.04. The smallest absolute Gasteiger partial charge is 0.224 e. The Balaban J connectivity index is 2.56. The van der Waals surface area contributed by atoms with Crippen molar-refractivity contribution >= 4 is 29.3 Å². The van der Waals surface area contributed by atoms with Gasteiger partial charge in [-0.1, -0.05) is 35.5 Å². The molecule has 0 saturated heterocycles. The van der Waals surface area contributed by atoms with E-state index in [-0.39, 0.29) is 5.95 Å². The Morgan fingerprint density at radius 1 is 1.19 bits per heavy atom. The minimum atomic E-state index is 0.203. The second-order valence-corrected chi connectivity index (χ2v) is 4.16. The zero-order valence-corrected chi connectivity index (χ0v) is 10.1. The highest BCUT2D eigenvalue weighted by atomic mass is 35.5. The molecule has 6 heteroatoms. The molecular formula is C10H9ClN4S. The lowest BCUT2D eigenvalue weighted by molar-refractivity contribution is 0.927. The van der Waals surface area contributed by atoms with Gasteiger partial charge in [-0.3, -0.25) is 0 Å². The van der Waals surface area contributed by atoms with Crippen LogP contribution in [0, 0.1) is 0 Å². The molecule has 0 spiro atoms. The van der Waals surface area contributed by atoms with Crippen LogP contribution in [-0.4, -0.2) is 21.2 Å². The molecule has 0 aliphatic heterocycles. The SMILES string of the molecule is CSc1nc(N)nc(-c2ccccc2Cl)n1. The van der Waals surface area contributed by atoms with Crippen molar-refractivity contribution in [3.05, 3.63) is 29.3 Å². The summed E-state index contributed by atoms with van der Waals surface area (Å²) in [7, 11) is 0. The van der Waals surface area contributed by atoms with E-state index in [2.05, 4.69) is 15.0 Å². The Labute approximate surface area is 102 Å². The number of benzene rings is 1. The summed E-state index contributed by atoms with van der Waals surface area (Å²) >= 11 is 7.47. The summed E-state index contributed by atoms with van der Waals surface area (Å²) in [4.78, 5) is 12.3. The Kier molecular flexibility index (Phi) is 3.26. The Morgan fingerprint density at radius 2 is 1.94 bits per heavy atom. The van der Waals surface area contributed by atoms with Gasteiger partial charge in [0, 0.05) is 5.56 Å². The summed E-state index contributed by atoms with van der Waals surface area (Å²) in [6.07, 6.45) is 1.88. The monoisotopic (exact) mass is 252 g/mol. The van der Waals surface area contributed by atoms with Gasteiger partial charge in [0.05, 0.1) is 5.02 Å². The van der Waals surface area contributed by atoms with Gasteiger partial charge in [-0.15, -0.1) is 0 Å². The first kappa shape index (κ1) is 11.2. The Morgan fingerprint density at radius 3 is 2.62 bits per heavy atom. The van der Waals surface area contributed by atoms with Gasteiger partial charge in [0.1, 0.15) is 0 Å². The van der Waals surface area contributed by atoms with Crippen molar-refractivity contribution in [3.63, 3.8) is 0 Å². The first-order valence-electron chi connectivity index (χ1n) is 4.51. The summed E-state index contributed by atoms with van der Waals surface area (Å²) < 4.78 is 0. The van der Waals surface area contributed by atoms with E-state index < -0.39 is 0 Å². The van der Waals surface area contributed by atoms with Crippen LogP contribution < -0.4 is 5.73 Å². The molecule has 0 fully saturated rings. The molecule has 4 nitrogen and oxygen atoms in total. The van der Waals surface area contributed by atoms with Crippen LogP contribution in [0.2, 0.25) is 5.02 Å². The third kappa shape index (κ3) is 2.25. The van der Waals surface area contributed by atoms with Crippen LogP contribution in [0.15, 0.2) is 29.4 Å². The quantitative estimate of drug-likeness (QED) is 0.832. The van der Waals surface area contributed by atoms with Crippen LogP contribution in [0.4, 0.5) is 5.95 Å². The molecule has 1 aromatic carbocycles. The topological polar surface area (TPSA) is 64.7 Å². The van der Waals surface area contributed by atoms with Crippen LogP contribution in [-0.2, 0) is 0 Å². The summed E-state index contributed by atoms with van der Waals surface area (Å²) in [5.74, 6) is 0.705. The van der Waals surface area contributed by atoms with E-state index in [1.807, 2.05) is 24.5 Å². The summed E-state index contributed by atoms with van der Waals surface area (Å²) in [6, 6.07) is 7.36. The van der Waals surface area contributed by atoms with Gasteiger partial charge < -0.3 is 5.73 Å². The van der Waals surface area contributed by atoms with Gasteiger partial charge in [-0.25, -0.2) is 4.98 Å². The lowest BCUT2D eigenvalue weighted by Crippen LogP contribution is -2.01. The molecule has 0 amide bonds. The fraction of sp³-hybridized carbons (Fsp3) is 0.100. The fourth-order valence-corrected chi connectivity index (χ4v) is 1.81. The molecular weight excluding hydrogens is 244 g/mol. The molecule has 1 aromatic heterocycles. The average molecular weight is 253 g/mol. The van der Waals surface area contributed by atoms with Crippen LogP contribution in [0.5, 0.6) is 0 Å². The molecule has 82 valence electrons. The average Bonchev–Trinajstić information content (AvgIpc) is 2.28. The third-order valence-electron chi connectivity index (χ3n) is 1.93. The van der Waals surface area contributed by atoms with E-state index in [0.717, 1.165) is 5.56 Å². The number of hydrogen-bond acceptors (Lipinski definition) is 5. The molecule has 0 aliphatic carbocycles. The first-order valence-corrected chi connectivity index (χ1v) is 6.11. The molecule has 0 aliphatic rings. The highest BCUT2D eigenvalue weighted by Crippen LogP contribution is 2.25.